The molecule has 1 heterocycles. The number of carbonyl (C=O) groups is 2. The van der Waals surface area contributed by atoms with E-state index in [2.05, 4.69) is 10.3 Å². The minimum Gasteiger partial charge on any atom is -0.382 e. The van der Waals surface area contributed by atoms with Crippen molar-refractivity contribution in [3.63, 3.8) is 0 Å². The van der Waals surface area contributed by atoms with E-state index in [0.717, 1.165) is 0 Å². The molecule has 21 heavy (non-hydrogen) atoms. The summed E-state index contributed by atoms with van der Waals surface area (Å²) >= 11 is 1.23. The number of nitrogens with two attached hydrogens (primary N) is 1. The molecular weight excluding hydrogens is 290 g/mol. The minimum atomic E-state index is -0.287. The lowest BCUT2D eigenvalue weighted by molar-refractivity contribution is -0.130. The second-order valence-corrected chi connectivity index (χ2v) is 5.65. The standard InChI is InChI=1S/C13H23N5O2S/c1-5-18(6-2)9(19)7-8-15-12(20)10-11(14)16-13(21-10)17(3)4/h5-8,14H2,1-4H3,(H,15,20). The molecule has 1 aromatic rings. The van der Waals surface area contributed by atoms with Crippen LogP contribution in [0, 0.1) is 0 Å². The van der Waals surface area contributed by atoms with Gasteiger partial charge in [0.05, 0.1) is 0 Å². The third kappa shape index (κ3) is 4.59. The maximum Gasteiger partial charge on any atom is 0.265 e. The quantitative estimate of drug-likeness (QED) is 0.776. The second-order valence-electron chi connectivity index (χ2n) is 4.68. The Morgan fingerprint density at radius 2 is 1.90 bits per heavy atom. The van der Waals surface area contributed by atoms with Gasteiger partial charge in [-0.05, 0) is 13.8 Å². The Kier molecular flexibility index (Phi) is 6.41. The summed E-state index contributed by atoms with van der Waals surface area (Å²) in [5.74, 6) is -0.0340. The molecule has 0 spiro atoms. The molecule has 1 aromatic heterocycles. The predicted octanol–water partition coefficient (Wildman–Crippen LogP) is 0.780. The highest BCUT2D eigenvalue weighted by Gasteiger charge is 2.17. The number of hydrogen-bond donors (Lipinski definition) is 2. The number of thiazole rings is 1. The van der Waals surface area contributed by atoms with Gasteiger partial charge in [-0.25, -0.2) is 4.98 Å². The fourth-order valence-electron chi connectivity index (χ4n) is 1.77. The van der Waals surface area contributed by atoms with E-state index >= 15 is 0 Å². The number of nitrogens with zero attached hydrogens (tertiary/aromatic N) is 3. The Balaban J connectivity index is 2.53. The van der Waals surface area contributed by atoms with Crippen molar-refractivity contribution in [2.45, 2.75) is 20.3 Å². The van der Waals surface area contributed by atoms with Gasteiger partial charge >= 0.3 is 0 Å². The van der Waals surface area contributed by atoms with Gasteiger partial charge < -0.3 is 20.9 Å². The summed E-state index contributed by atoms with van der Waals surface area (Å²) in [6.45, 7) is 5.51. The van der Waals surface area contributed by atoms with Gasteiger partial charge in [0, 0.05) is 40.2 Å². The number of carbonyl (C=O) groups excluding carboxylic acids is 2. The van der Waals surface area contributed by atoms with Gasteiger partial charge in [0.15, 0.2) is 5.13 Å². The monoisotopic (exact) mass is 313 g/mol. The molecule has 0 aromatic carbocycles. The van der Waals surface area contributed by atoms with E-state index in [1.165, 1.54) is 11.3 Å². The van der Waals surface area contributed by atoms with Crippen molar-refractivity contribution < 1.29 is 9.59 Å². The number of hydrogen-bond acceptors (Lipinski definition) is 6. The van der Waals surface area contributed by atoms with Crippen molar-refractivity contribution in [1.82, 2.24) is 15.2 Å². The van der Waals surface area contributed by atoms with Crippen LogP contribution in [0.3, 0.4) is 0 Å². The topological polar surface area (TPSA) is 91.6 Å². The second kappa shape index (κ2) is 7.82. The molecule has 0 fully saturated rings. The molecular formula is C13H23N5O2S. The molecule has 0 unspecified atom stereocenters. The van der Waals surface area contributed by atoms with E-state index in [1.54, 1.807) is 9.80 Å². The van der Waals surface area contributed by atoms with Crippen molar-refractivity contribution in [2.75, 3.05) is 44.4 Å². The number of rotatable bonds is 7. The van der Waals surface area contributed by atoms with Gasteiger partial charge in [-0.2, -0.15) is 0 Å². The summed E-state index contributed by atoms with van der Waals surface area (Å²) < 4.78 is 0. The molecule has 7 nitrogen and oxygen atoms in total. The molecule has 0 saturated heterocycles. The molecule has 0 radical (unpaired) electrons. The Morgan fingerprint density at radius 1 is 1.29 bits per heavy atom. The largest absolute Gasteiger partial charge is 0.382 e. The molecule has 2 amide bonds. The van der Waals surface area contributed by atoms with Crippen LogP contribution in [0.1, 0.15) is 29.9 Å². The maximum absolute atomic E-state index is 12.0. The molecule has 8 heteroatoms. The van der Waals surface area contributed by atoms with Crippen molar-refractivity contribution in [2.24, 2.45) is 0 Å². The van der Waals surface area contributed by atoms with E-state index in [4.69, 9.17) is 5.73 Å². The first-order valence-corrected chi connectivity index (χ1v) is 7.71. The van der Waals surface area contributed by atoms with E-state index in [0.29, 0.717) is 29.6 Å². The van der Waals surface area contributed by atoms with Crippen LogP contribution >= 0.6 is 11.3 Å². The van der Waals surface area contributed by atoms with Crippen LogP contribution in [-0.4, -0.2) is 55.4 Å². The summed E-state index contributed by atoms with van der Waals surface area (Å²) in [6, 6.07) is 0. The molecule has 0 aliphatic rings. The summed E-state index contributed by atoms with van der Waals surface area (Å²) in [7, 11) is 3.67. The first-order valence-electron chi connectivity index (χ1n) is 6.90. The number of amides is 2. The number of aromatic nitrogens is 1. The molecule has 0 aliphatic heterocycles. The summed E-state index contributed by atoms with van der Waals surface area (Å²) in [6.07, 6.45) is 0.284. The van der Waals surface area contributed by atoms with E-state index < -0.39 is 0 Å². The van der Waals surface area contributed by atoms with Crippen LogP contribution in [0.2, 0.25) is 0 Å². The zero-order chi connectivity index (χ0) is 16.0. The highest BCUT2D eigenvalue weighted by molar-refractivity contribution is 7.18. The third-order valence-electron chi connectivity index (χ3n) is 2.97. The van der Waals surface area contributed by atoms with Gasteiger partial charge in [-0.3, -0.25) is 9.59 Å². The van der Waals surface area contributed by atoms with E-state index in [-0.39, 0.29) is 24.1 Å². The highest BCUT2D eigenvalue weighted by atomic mass is 32.1. The first-order chi connectivity index (χ1) is 9.90. The molecule has 0 saturated carbocycles. The van der Waals surface area contributed by atoms with Crippen LogP contribution in [0.25, 0.3) is 0 Å². The van der Waals surface area contributed by atoms with Gasteiger partial charge in [-0.15, -0.1) is 0 Å². The molecule has 0 bridgehead atoms. The number of anilines is 2. The lowest BCUT2D eigenvalue weighted by Crippen LogP contribution is -2.34. The van der Waals surface area contributed by atoms with Gasteiger partial charge in [-0.1, -0.05) is 11.3 Å². The van der Waals surface area contributed by atoms with Crippen molar-refractivity contribution in [1.29, 1.82) is 0 Å². The van der Waals surface area contributed by atoms with Gasteiger partial charge in [0.25, 0.3) is 5.91 Å². The van der Waals surface area contributed by atoms with Crippen LogP contribution in [-0.2, 0) is 4.79 Å². The zero-order valence-corrected chi connectivity index (χ0v) is 13.8. The predicted molar refractivity (Wildman–Crippen MR) is 85.7 cm³/mol. The average Bonchev–Trinajstić information content (AvgIpc) is 2.82. The SMILES string of the molecule is CCN(CC)C(=O)CCNC(=O)c1sc(N(C)C)nc1N. The van der Waals surface area contributed by atoms with E-state index in [1.807, 2.05) is 27.9 Å². The molecule has 0 atom stereocenters. The van der Waals surface area contributed by atoms with Gasteiger partial charge in [0.1, 0.15) is 10.7 Å². The Bertz CT molecular complexity index is 497. The number of nitrogen functional groups attached to an aromatic ring is 1. The summed E-state index contributed by atoms with van der Waals surface area (Å²) in [5.41, 5.74) is 5.74. The van der Waals surface area contributed by atoms with Crippen molar-refractivity contribution in [3.8, 4) is 0 Å². The molecule has 0 aliphatic carbocycles. The Labute approximate surface area is 129 Å². The van der Waals surface area contributed by atoms with Crippen LogP contribution < -0.4 is 16.0 Å². The average molecular weight is 313 g/mol. The van der Waals surface area contributed by atoms with Crippen molar-refractivity contribution >= 4 is 34.1 Å². The first kappa shape index (κ1) is 17.2. The minimum absolute atomic E-state index is 0.0338. The molecule has 3 N–H and O–H groups in total. The Morgan fingerprint density at radius 3 is 2.38 bits per heavy atom. The molecule has 1 rings (SSSR count). The summed E-state index contributed by atoms with van der Waals surface area (Å²) in [4.78, 5) is 31.9. The van der Waals surface area contributed by atoms with E-state index in [9.17, 15) is 9.59 Å². The third-order valence-corrected chi connectivity index (χ3v) is 4.21. The van der Waals surface area contributed by atoms with Crippen LogP contribution in [0.15, 0.2) is 0 Å². The fraction of sp³-hybridized carbons (Fsp3) is 0.615. The normalized spacial score (nSPS) is 10.3. The molecule has 118 valence electrons. The van der Waals surface area contributed by atoms with Gasteiger partial charge in [0.2, 0.25) is 5.91 Å². The van der Waals surface area contributed by atoms with Crippen LogP contribution in [0.5, 0.6) is 0 Å². The lowest BCUT2D eigenvalue weighted by atomic mass is 10.3. The Hall–Kier alpha value is -1.83. The van der Waals surface area contributed by atoms with Crippen LogP contribution in [0.4, 0.5) is 10.9 Å². The fourth-order valence-corrected chi connectivity index (χ4v) is 2.60. The highest BCUT2D eigenvalue weighted by Crippen LogP contribution is 2.26. The lowest BCUT2D eigenvalue weighted by Gasteiger charge is -2.18. The smallest absolute Gasteiger partial charge is 0.265 e. The van der Waals surface area contributed by atoms with Crippen molar-refractivity contribution in [3.05, 3.63) is 4.88 Å². The zero-order valence-electron chi connectivity index (χ0n) is 13.0. The maximum atomic E-state index is 12.0. The number of nitrogens with one attached hydrogen (secondary N) is 1. The summed E-state index contributed by atoms with van der Waals surface area (Å²) in [5, 5.41) is 3.39.